The maximum Gasteiger partial charge on any atom is 0.407 e. The zero-order valence-corrected chi connectivity index (χ0v) is 26.5. The lowest BCUT2D eigenvalue weighted by atomic mass is 10.1. The molecule has 242 valence electrons. The van der Waals surface area contributed by atoms with E-state index in [4.69, 9.17) is 18.9 Å². The van der Waals surface area contributed by atoms with E-state index in [1.54, 1.807) is 0 Å². The summed E-state index contributed by atoms with van der Waals surface area (Å²) in [5.74, 6) is -0.831. The number of carbonyl (C=O) groups is 2. The van der Waals surface area contributed by atoms with Crippen molar-refractivity contribution in [2.45, 2.75) is 136 Å². The molecule has 1 aliphatic rings. The minimum atomic E-state index is -0.488. The zero-order valence-electron chi connectivity index (χ0n) is 26.5. The van der Waals surface area contributed by atoms with Crippen LogP contribution in [0.3, 0.4) is 0 Å². The van der Waals surface area contributed by atoms with Crippen LogP contribution in [-0.4, -0.2) is 87.1 Å². The average molecular weight is 587 g/mol. The van der Waals surface area contributed by atoms with Gasteiger partial charge in [0, 0.05) is 38.8 Å². The Balaban J connectivity index is 2.30. The predicted molar refractivity (Wildman–Crippen MR) is 163 cm³/mol. The van der Waals surface area contributed by atoms with Gasteiger partial charge in [-0.05, 0) is 32.2 Å². The largest absolute Gasteiger partial charge is 0.465 e. The molecular formula is C32H62N2O7. The van der Waals surface area contributed by atoms with Crippen molar-refractivity contribution < 1.29 is 33.6 Å². The molecule has 9 heteroatoms. The van der Waals surface area contributed by atoms with E-state index < -0.39 is 18.3 Å². The van der Waals surface area contributed by atoms with Gasteiger partial charge in [-0.1, -0.05) is 85.0 Å². The maximum absolute atomic E-state index is 12.4. The number of carbonyl (C=O) groups excluding carboxylic acids is 2. The fourth-order valence-corrected chi connectivity index (χ4v) is 4.88. The number of ether oxygens (including phenoxy) is 4. The van der Waals surface area contributed by atoms with Gasteiger partial charge in [-0.3, -0.25) is 4.79 Å². The Morgan fingerprint density at radius 2 is 1.34 bits per heavy atom. The topological polar surface area (TPSA) is 107 Å². The lowest BCUT2D eigenvalue weighted by Crippen LogP contribution is -2.45. The fourth-order valence-electron chi connectivity index (χ4n) is 4.88. The standard InChI is InChI=1S/C32H62N2O7/c1-4-7-9-11-13-15-23-38-31(39-24-16-14-12-10-8-5-2)18-17-30(36)40-26-28(25-35)27-41-32(37)33-29-19-21-34(6-3)22-20-29/h28-29,31,35H,4-27H2,1-3H3,(H,33,37). The molecule has 0 aromatic rings. The minimum absolute atomic E-state index is 0.000592. The Morgan fingerprint density at radius 1 is 0.805 bits per heavy atom. The van der Waals surface area contributed by atoms with Crippen LogP contribution < -0.4 is 5.32 Å². The summed E-state index contributed by atoms with van der Waals surface area (Å²) in [4.78, 5) is 27.0. The van der Waals surface area contributed by atoms with Crippen LogP contribution in [0.1, 0.15) is 124 Å². The van der Waals surface area contributed by atoms with Crippen molar-refractivity contribution in [1.82, 2.24) is 10.2 Å². The van der Waals surface area contributed by atoms with Crippen LogP contribution >= 0.6 is 0 Å². The molecule has 0 radical (unpaired) electrons. The van der Waals surface area contributed by atoms with E-state index in [1.807, 2.05) is 0 Å². The van der Waals surface area contributed by atoms with E-state index in [1.165, 1.54) is 51.4 Å². The van der Waals surface area contributed by atoms with Gasteiger partial charge in [0.1, 0.15) is 6.61 Å². The highest BCUT2D eigenvalue weighted by molar-refractivity contribution is 5.69. The van der Waals surface area contributed by atoms with Crippen molar-refractivity contribution >= 4 is 12.1 Å². The summed E-state index contributed by atoms with van der Waals surface area (Å²) < 4.78 is 22.7. The van der Waals surface area contributed by atoms with E-state index in [0.29, 0.717) is 19.6 Å². The quantitative estimate of drug-likeness (QED) is 0.0700. The van der Waals surface area contributed by atoms with E-state index in [0.717, 1.165) is 58.2 Å². The van der Waals surface area contributed by atoms with Crippen LogP contribution in [0.2, 0.25) is 0 Å². The number of unbranched alkanes of at least 4 members (excludes halogenated alkanes) is 10. The highest BCUT2D eigenvalue weighted by Gasteiger charge is 2.21. The predicted octanol–water partition coefficient (Wildman–Crippen LogP) is 6.21. The second-order valence-corrected chi connectivity index (χ2v) is 11.4. The van der Waals surface area contributed by atoms with E-state index >= 15 is 0 Å². The molecule has 1 aliphatic heterocycles. The van der Waals surface area contributed by atoms with E-state index in [-0.39, 0.29) is 38.3 Å². The molecule has 1 atom stereocenters. The summed E-state index contributed by atoms with van der Waals surface area (Å²) >= 11 is 0. The second-order valence-electron chi connectivity index (χ2n) is 11.4. The van der Waals surface area contributed by atoms with Crippen molar-refractivity contribution in [3.63, 3.8) is 0 Å². The lowest BCUT2D eigenvalue weighted by Gasteiger charge is -2.31. The Bertz CT molecular complexity index is 611. The number of alkyl carbamates (subject to hydrolysis) is 1. The monoisotopic (exact) mass is 586 g/mol. The van der Waals surface area contributed by atoms with Gasteiger partial charge >= 0.3 is 12.1 Å². The van der Waals surface area contributed by atoms with Crippen molar-refractivity contribution in [3.05, 3.63) is 0 Å². The van der Waals surface area contributed by atoms with Gasteiger partial charge in [0.05, 0.1) is 25.6 Å². The molecular weight excluding hydrogens is 524 g/mol. The number of esters is 1. The molecule has 41 heavy (non-hydrogen) atoms. The molecule has 1 rings (SSSR count). The molecule has 0 saturated carbocycles. The number of rotatable bonds is 26. The van der Waals surface area contributed by atoms with Crippen LogP contribution in [-0.2, 0) is 23.7 Å². The average Bonchev–Trinajstić information content (AvgIpc) is 2.98. The van der Waals surface area contributed by atoms with Gasteiger partial charge in [0.15, 0.2) is 6.29 Å². The highest BCUT2D eigenvalue weighted by atomic mass is 16.7. The van der Waals surface area contributed by atoms with Gasteiger partial charge in [0.2, 0.25) is 0 Å². The number of likely N-dealkylation sites (tertiary alicyclic amines) is 1. The van der Waals surface area contributed by atoms with E-state index in [9.17, 15) is 14.7 Å². The summed E-state index contributed by atoms with van der Waals surface area (Å²) in [5.41, 5.74) is 0. The molecule has 2 N–H and O–H groups in total. The third kappa shape index (κ3) is 21.0. The molecule has 9 nitrogen and oxygen atoms in total. The number of hydrogen-bond donors (Lipinski definition) is 2. The van der Waals surface area contributed by atoms with Gasteiger partial charge < -0.3 is 34.3 Å². The number of hydrogen-bond acceptors (Lipinski definition) is 8. The summed E-state index contributed by atoms with van der Waals surface area (Å²) in [5, 5.41) is 12.6. The summed E-state index contributed by atoms with van der Waals surface area (Å²) in [6, 6.07) is 0.107. The van der Waals surface area contributed by atoms with Gasteiger partial charge in [-0.15, -0.1) is 0 Å². The SMILES string of the molecule is CCCCCCCCOC(CCC(=O)OCC(CO)COC(=O)NC1CCN(CC)CC1)OCCCCCCCC. The molecule has 1 unspecified atom stereocenters. The Kier molecular flexibility index (Phi) is 24.1. The van der Waals surface area contributed by atoms with Crippen molar-refractivity contribution in [2.75, 3.05) is 52.7 Å². The molecule has 0 aliphatic carbocycles. The maximum atomic E-state index is 12.4. The molecule has 1 amide bonds. The van der Waals surface area contributed by atoms with Gasteiger partial charge in [-0.2, -0.15) is 0 Å². The smallest absolute Gasteiger partial charge is 0.407 e. The Labute approximate surface area is 250 Å². The second kappa shape index (κ2) is 26.2. The first-order valence-electron chi connectivity index (χ1n) is 16.7. The first-order chi connectivity index (χ1) is 20.0. The van der Waals surface area contributed by atoms with Gasteiger partial charge in [-0.25, -0.2) is 4.79 Å². The molecule has 0 aromatic carbocycles. The van der Waals surface area contributed by atoms with Crippen LogP contribution in [0.15, 0.2) is 0 Å². The van der Waals surface area contributed by atoms with Crippen molar-refractivity contribution in [3.8, 4) is 0 Å². The van der Waals surface area contributed by atoms with Crippen LogP contribution in [0.4, 0.5) is 4.79 Å². The van der Waals surface area contributed by atoms with Crippen molar-refractivity contribution in [1.29, 1.82) is 0 Å². The third-order valence-electron chi connectivity index (χ3n) is 7.73. The number of aliphatic hydroxyl groups is 1. The Morgan fingerprint density at radius 3 is 1.88 bits per heavy atom. The third-order valence-corrected chi connectivity index (χ3v) is 7.73. The number of nitrogens with zero attached hydrogens (tertiary/aromatic N) is 1. The van der Waals surface area contributed by atoms with Crippen molar-refractivity contribution in [2.24, 2.45) is 5.92 Å². The number of piperidine rings is 1. The summed E-state index contributed by atoms with van der Waals surface area (Å²) in [6.07, 6.45) is 15.8. The zero-order chi connectivity index (χ0) is 30.0. The molecule has 1 fully saturated rings. The van der Waals surface area contributed by atoms with Crippen LogP contribution in [0, 0.1) is 5.92 Å². The normalized spacial score (nSPS) is 15.2. The first-order valence-corrected chi connectivity index (χ1v) is 16.7. The molecule has 1 saturated heterocycles. The summed E-state index contributed by atoms with van der Waals surface area (Å²) in [7, 11) is 0. The molecule has 0 aromatic heterocycles. The number of aliphatic hydroxyl groups excluding tert-OH is 1. The summed E-state index contributed by atoms with van der Waals surface area (Å²) in [6.45, 7) is 10.5. The number of amides is 1. The van der Waals surface area contributed by atoms with E-state index in [2.05, 4.69) is 31.0 Å². The Hall–Kier alpha value is -1.42. The highest BCUT2D eigenvalue weighted by Crippen LogP contribution is 2.13. The first kappa shape index (κ1) is 37.6. The van der Waals surface area contributed by atoms with Crippen LogP contribution in [0.5, 0.6) is 0 Å². The van der Waals surface area contributed by atoms with Gasteiger partial charge in [0.25, 0.3) is 0 Å². The lowest BCUT2D eigenvalue weighted by molar-refractivity contribution is -0.160. The molecule has 1 heterocycles. The minimum Gasteiger partial charge on any atom is -0.465 e. The fraction of sp³-hybridized carbons (Fsp3) is 0.938. The number of nitrogens with one attached hydrogen (secondary N) is 1. The molecule has 0 spiro atoms. The van der Waals surface area contributed by atoms with Crippen LogP contribution in [0.25, 0.3) is 0 Å². The molecule has 0 bridgehead atoms.